The molecule has 2 aromatic carbocycles. The maximum absolute atomic E-state index is 12.5. The number of nitrogens with zero attached hydrogens (tertiary/aromatic N) is 3. The molecule has 1 amide bonds. The van der Waals surface area contributed by atoms with Crippen molar-refractivity contribution in [2.24, 2.45) is 0 Å². The summed E-state index contributed by atoms with van der Waals surface area (Å²) in [6.45, 7) is 6.70. The number of rotatable bonds is 5. The number of thiocarbonyl (C=S) groups is 1. The summed E-state index contributed by atoms with van der Waals surface area (Å²) in [4.78, 5) is 17.3. The Balaban J connectivity index is 0.000000326. The van der Waals surface area contributed by atoms with Gasteiger partial charge in [0.15, 0.2) is 0 Å². The van der Waals surface area contributed by atoms with E-state index in [-0.39, 0.29) is 22.1 Å². The molecule has 0 fully saturated rings. The number of hydrogen-bond acceptors (Lipinski definition) is 5. The highest BCUT2D eigenvalue weighted by molar-refractivity contribution is 7.77. The van der Waals surface area contributed by atoms with Crippen LogP contribution in [0.5, 0.6) is 5.75 Å². The quantitative estimate of drug-likeness (QED) is 0.174. The number of benzene rings is 2. The Morgan fingerprint density at radius 1 is 1.03 bits per heavy atom. The summed E-state index contributed by atoms with van der Waals surface area (Å²) in [7, 11) is 1.14. The molecule has 3 rings (SSSR count). The van der Waals surface area contributed by atoms with Crippen molar-refractivity contribution in [3.05, 3.63) is 66.4 Å². The average Bonchev–Trinajstić information content (AvgIpc) is 2.78. The molecule has 10 heteroatoms. The zero-order valence-electron chi connectivity index (χ0n) is 19.3. The van der Waals surface area contributed by atoms with Crippen LogP contribution in [-0.4, -0.2) is 41.1 Å². The van der Waals surface area contributed by atoms with Crippen LogP contribution in [0.2, 0.25) is 0 Å². The first kappa shape index (κ1) is 28.8. The van der Waals surface area contributed by atoms with Crippen molar-refractivity contribution in [2.75, 3.05) is 12.2 Å². The molecule has 0 N–H and O–H groups in total. The van der Waals surface area contributed by atoms with Gasteiger partial charge in [-0.3, -0.25) is 9.78 Å². The van der Waals surface area contributed by atoms with E-state index in [0.717, 1.165) is 42.1 Å². The second-order valence-electron chi connectivity index (χ2n) is 7.91. The van der Waals surface area contributed by atoms with Gasteiger partial charge in [0.1, 0.15) is 5.75 Å². The van der Waals surface area contributed by atoms with E-state index >= 15 is 0 Å². The van der Waals surface area contributed by atoms with Crippen LogP contribution in [0.1, 0.15) is 26.3 Å². The van der Waals surface area contributed by atoms with E-state index in [0.29, 0.717) is 6.54 Å². The van der Waals surface area contributed by atoms with Gasteiger partial charge < -0.3 is 9.64 Å². The van der Waals surface area contributed by atoms with Crippen molar-refractivity contribution in [1.29, 1.82) is 0 Å². The molecule has 3 aromatic rings. The van der Waals surface area contributed by atoms with Crippen molar-refractivity contribution < 1.29 is 27.2 Å². The lowest BCUT2D eigenvalue weighted by Crippen LogP contribution is -2.39. The topological polar surface area (TPSA) is 45.7 Å². The van der Waals surface area contributed by atoms with Crippen molar-refractivity contribution in [3.63, 3.8) is 0 Å². The summed E-state index contributed by atoms with van der Waals surface area (Å²) in [5.74, 6) is 2.46. The summed E-state index contributed by atoms with van der Waals surface area (Å²) in [5.41, 5.74) is 2.07. The molecule has 1 aromatic heterocycles. The molecule has 0 saturated heterocycles. The number of halogens is 4. The number of carbonyl (C=O) groups is 1. The second-order valence-corrected chi connectivity index (χ2v) is 7.91. The van der Waals surface area contributed by atoms with Crippen LogP contribution < -0.4 is 9.86 Å². The molecule has 0 spiro atoms. The largest absolute Gasteiger partial charge is 0.573 e. The van der Waals surface area contributed by atoms with Crippen molar-refractivity contribution in [2.45, 2.75) is 39.2 Å². The van der Waals surface area contributed by atoms with Crippen LogP contribution in [-0.2, 0) is 11.3 Å². The van der Waals surface area contributed by atoms with E-state index in [1.807, 2.05) is 51.1 Å². The maximum Gasteiger partial charge on any atom is 0.573 e. The summed E-state index contributed by atoms with van der Waals surface area (Å²) in [6, 6.07) is 14.4. The van der Waals surface area contributed by atoms with E-state index in [1.165, 1.54) is 12.1 Å². The number of aromatic nitrogens is 1. The number of fused-ring (bicyclic) bond motifs is 1. The SMILES string of the molecule is C=S.CC(C)(C)N(C=O)Cc1ccnc2ccccc12.CN(F)c1ccc(OC(F)(F)F)cc1. The molecular formula is C24H27F4N3O2S. The summed E-state index contributed by atoms with van der Waals surface area (Å²) in [5, 5.41) is 1.40. The van der Waals surface area contributed by atoms with Crippen LogP contribution in [0.4, 0.5) is 23.3 Å². The number of ether oxygens (including phenoxy) is 1. The number of pyridine rings is 1. The fraction of sp³-hybridized carbons (Fsp3) is 0.292. The minimum Gasteiger partial charge on any atom is -0.406 e. The van der Waals surface area contributed by atoms with Gasteiger partial charge in [-0.15, -0.1) is 17.7 Å². The predicted octanol–water partition coefficient (Wildman–Crippen LogP) is 6.51. The van der Waals surface area contributed by atoms with E-state index < -0.39 is 6.36 Å². The Kier molecular flexibility index (Phi) is 10.9. The molecule has 0 aliphatic rings. The third-order valence-electron chi connectivity index (χ3n) is 4.50. The first-order valence-corrected chi connectivity index (χ1v) is 10.6. The van der Waals surface area contributed by atoms with Crippen LogP contribution in [0.15, 0.2) is 60.8 Å². The van der Waals surface area contributed by atoms with Crippen molar-refractivity contribution in [3.8, 4) is 5.75 Å². The smallest absolute Gasteiger partial charge is 0.406 e. The molecule has 0 unspecified atom stereocenters. The van der Waals surface area contributed by atoms with Crippen LogP contribution in [0, 0.1) is 0 Å². The maximum atomic E-state index is 12.5. The molecule has 184 valence electrons. The Hall–Kier alpha value is -3.27. The monoisotopic (exact) mass is 497 g/mol. The summed E-state index contributed by atoms with van der Waals surface area (Å²) < 4.78 is 51.2. The number of alkyl halides is 3. The van der Waals surface area contributed by atoms with Crippen LogP contribution in [0.3, 0.4) is 0 Å². The molecule has 1 heterocycles. The van der Waals surface area contributed by atoms with E-state index in [1.54, 1.807) is 11.1 Å². The Morgan fingerprint density at radius 2 is 1.62 bits per heavy atom. The van der Waals surface area contributed by atoms with Gasteiger partial charge in [-0.25, -0.2) is 5.12 Å². The third kappa shape index (κ3) is 9.30. The highest BCUT2D eigenvalue weighted by atomic mass is 32.1. The Labute approximate surface area is 201 Å². The lowest BCUT2D eigenvalue weighted by molar-refractivity contribution is -0.274. The van der Waals surface area contributed by atoms with Gasteiger partial charge >= 0.3 is 6.36 Å². The molecular weight excluding hydrogens is 470 g/mol. The van der Waals surface area contributed by atoms with E-state index in [9.17, 15) is 22.4 Å². The number of amides is 1. The van der Waals surface area contributed by atoms with Gasteiger partial charge in [0.25, 0.3) is 0 Å². The molecule has 5 nitrogen and oxygen atoms in total. The van der Waals surface area contributed by atoms with Gasteiger partial charge in [0.05, 0.1) is 11.2 Å². The van der Waals surface area contributed by atoms with Crippen LogP contribution in [0.25, 0.3) is 10.9 Å². The first-order valence-electron chi connectivity index (χ1n) is 9.99. The average molecular weight is 498 g/mol. The van der Waals surface area contributed by atoms with Crippen molar-refractivity contribution >= 4 is 41.1 Å². The van der Waals surface area contributed by atoms with Gasteiger partial charge in [0, 0.05) is 30.7 Å². The molecule has 0 bridgehead atoms. The molecule has 0 atom stereocenters. The zero-order chi connectivity index (χ0) is 25.9. The van der Waals surface area contributed by atoms with E-state index in [4.69, 9.17) is 0 Å². The number of anilines is 1. The summed E-state index contributed by atoms with van der Waals surface area (Å²) >= 11 is 3.83. The van der Waals surface area contributed by atoms with Crippen LogP contribution >= 0.6 is 12.2 Å². The fourth-order valence-electron chi connectivity index (χ4n) is 2.76. The normalized spacial score (nSPS) is 10.8. The lowest BCUT2D eigenvalue weighted by Gasteiger charge is -2.32. The molecule has 0 aliphatic carbocycles. The minimum absolute atomic E-state index is 0.152. The lowest BCUT2D eigenvalue weighted by atomic mass is 10.0. The number of hydrogen-bond donors (Lipinski definition) is 0. The van der Waals surface area contributed by atoms with Gasteiger partial charge in [-0.05, 0) is 68.6 Å². The van der Waals surface area contributed by atoms with E-state index in [2.05, 4.69) is 27.8 Å². The highest BCUT2D eigenvalue weighted by Crippen LogP contribution is 2.25. The number of para-hydroxylation sites is 1. The fourth-order valence-corrected chi connectivity index (χ4v) is 2.76. The molecule has 0 saturated carbocycles. The Bertz CT molecular complexity index is 1030. The molecule has 0 aliphatic heterocycles. The second kappa shape index (κ2) is 12.8. The standard InChI is InChI=1S/C15H18N2O.C8H7F4NO.CH2S/c1-15(2,3)17(11-18)10-12-8-9-16-14-7-5-4-6-13(12)14;1-13(12)6-2-4-7(5-3-6)14-8(9,10)11;1-2/h4-9,11H,10H2,1-3H3;2-5H,1H3;1H2. The van der Waals surface area contributed by atoms with Gasteiger partial charge in [-0.1, -0.05) is 30.4 Å². The van der Waals surface area contributed by atoms with Crippen molar-refractivity contribution in [1.82, 2.24) is 9.88 Å². The number of carbonyl (C=O) groups excluding carboxylic acids is 1. The summed E-state index contributed by atoms with van der Waals surface area (Å²) in [6.07, 6.45) is -2.01. The molecule has 34 heavy (non-hydrogen) atoms. The Morgan fingerprint density at radius 3 is 2.12 bits per heavy atom. The molecule has 0 radical (unpaired) electrons. The first-order chi connectivity index (χ1) is 15.9. The van der Waals surface area contributed by atoms with Gasteiger partial charge in [0.2, 0.25) is 6.41 Å². The third-order valence-corrected chi connectivity index (χ3v) is 4.50. The zero-order valence-corrected chi connectivity index (χ0v) is 20.2. The minimum atomic E-state index is -4.72. The predicted molar refractivity (Wildman–Crippen MR) is 130 cm³/mol. The highest BCUT2D eigenvalue weighted by Gasteiger charge is 2.31. The van der Waals surface area contributed by atoms with Gasteiger partial charge in [-0.2, -0.15) is 0 Å².